The Balaban J connectivity index is 2.57. The number of rotatable bonds is 6. The van der Waals surface area contributed by atoms with Crippen LogP contribution in [-0.4, -0.2) is 30.2 Å². The molecule has 6 nitrogen and oxygen atoms in total. The van der Waals surface area contributed by atoms with Gasteiger partial charge >= 0.3 is 5.97 Å². The molecule has 17 heavy (non-hydrogen) atoms. The van der Waals surface area contributed by atoms with E-state index >= 15 is 0 Å². The van der Waals surface area contributed by atoms with Crippen LogP contribution >= 0.6 is 11.6 Å². The van der Waals surface area contributed by atoms with Gasteiger partial charge in [0.05, 0.1) is 5.75 Å². The van der Waals surface area contributed by atoms with Crippen molar-refractivity contribution in [2.75, 3.05) is 10.5 Å². The van der Waals surface area contributed by atoms with Crippen LogP contribution in [0, 0.1) is 0 Å². The lowest BCUT2D eigenvalue weighted by molar-refractivity contribution is -0.137. The minimum absolute atomic E-state index is 0.0469. The Kier molecular flexibility index (Phi) is 4.71. The Morgan fingerprint density at radius 2 is 2.24 bits per heavy atom. The lowest BCUT2D eigenvalue weighted by Gasteiger charge is -2.06. The molecule has 0 radical (unpaired) electrons. The Morgan fingerprint density at radius 1 is 1.53 bits per heavy atom. The summed E-state index contributed by atoms with van der Waals surface area (Å²) in [5, 5.41) is 8.76. The van der Waals surface area contributed by atoms with Crippen LogP contribution in [0.15, 0.2) is 18.3 Å². The van der Waals surface area contributed by atoms with Crippen molar-refractivity contribution in [3.8, 4) is 0 Å². The van der Waals surface area contributed by atoms with E-state index < -0.39 is 16.0 Å². The second kappa shape index (κ2) is 5.83. The predicted molar refractivity (Wildman–Crippen MR) is 63.5 cm³/mol. The summed E-state index contributed by atoms with van der Waals surface area (Å²) in [7, 11) is -3.58. The van der Waals surface area contributed by atoms with Gasteiger partial charge in [0.1, 0.15) is 5.82 Å². The molecule has 0 aliphatic heterocycles. The molecule has 0 fully saturated rings. The normalized spacial score (nSPS) is 11.1. The number of aliphatic carboxylic acids is 1. The van der Waals surface area contributed by atoms with Crippen LogP contribution in [0.3, 0.4) is 0 Å². The van der Waals surface area contributed by atoms with Crippen molar-refractivity contribution in [3.05, 3.63) is 23.4 Å². The maximum atomic E-state index is 11.5. The van der Waals surface area contributed by atoms with E-state index in [9.17, 15) is 13.2 Å². The fourth-order valence-electron chi connectivity index (χ4n) is 1.08. The maximum Gasteiger partial charge on any atom is 0.303 e. The summed E-state index contributed by atoms with van der Waals surface area (Å²) >= 11 is 5.67. The van der Waals surface area contributed by atoms with Crippen LogP contribution in [0.25, 0.3) is 0 Å². The number of carbonyl (C=O) groups is 1. The van der Waals surface area contributed by atoms with Crippen LogP contribution in [0.5, 0.6) is 0 Å². The van der Waals surface area contributed by atoms with Gasteiger partial charge in [-0.1, -0.05) is 11.6 Å². The van der Waals surface area contributed by atoms with E-state index in [-0.39, 0.29) is 24.4 Å². The van der Waals surface area contributed by atoms with Crippen molar-refractivity contribution in [2.45, 2.75) is 12.8 Å². The monoisotopic (exact) mass is 278 g/mol. The lowest BCUT2D eigenvalue weighted by atomic mass is 10.3. The topological polar surface area (TPSA) is 96.4 Å². The largest absolute Gasteiger partial charge is 0.481 e. The van der Waals surface area contributed by atoms with Gasteiger partial charge < -0.3 is 5.11 Å². The summed E-state index contributed by atoms with van der Waals surface area (Å²) in [5.74, 6) is -1.18. The molecule has 1 heterocycles. The Morgan fingerprint density at radius 3 is 2.82 bits per heavy atom. The standard InChI is InChI=1S/C9H11ClN2O4S/c10-7-3-4-11-8(6-7)12-17(15,16)5-1-2-9(13)14/h3-4,6H,1-2,5H2,(H,11,12)(H,13,14). The molecular formula is C9H11ClN2O4S. The smallest absolute Gasteiger partial charge is 0.303 e. The van der Waals surface area contributed by atoms with Crippen molar-refractivity contribution in [3.63, 3.8) is 0 Å². The average molecular weight is 279 g/mol. The molecule has 8 heteroatoms. The lowest BCUT2D eigenvalue weighted by Crippen LogP contribution is -2.18. The van der Waals surface area contributed by atoms with Crippen molar-refractivity contribution in [1.29, 1.82) is 0 Å². The quantitative estimate of drug-likeness (QED) is 0.818. The molecule has 0 aromatic carbocycles. The van der Waals surface area contributed by atoms with Crippen molar-refractivity contribution < 1.29 is 18.3 Å². The number of aromatic nitrogens is 1. The van der Waals surface area contributed by atoms with Gasteiger partial charge in [0.2, 0.25) is 10.0 Å². The number of hydrogen-bond acceptors (Lipinski definition) is 4. The van der Waals surface area contributed by atoms with Gasteiger partial charge in [0, 0.05) is 23.7 Å². The van der Waals surface area contributed by atoms with Crippen LogP contribution in [0.1, 0.15) is 12.8 Å². The zero-order valence-electron chi connectivity index (χ0n) is 8.76. The molecule has 0 bridgehead atoms. The molecule has 0 saturated heterocycles. The fraction of sp³-hybridized carbons (Fsp3) is 0.333. The van der Waals surface area contributed by atoms with Gasteiger partial charge in [0.15, 0.2) is 0 Å². The average Bonchev–Trinajstić information content (AvgIpc) is 2.15. The second-order valence-corrected chi connectivity index (χ2v) is 5.56. The minimum Gasteiger partial charge on any atom is -0.481 e. The van der Waals surface area contributed by atoms with Crippen molar-refractivity contribution in [1.82, 2.24) is 4.98 Å². The van der Waals surface area contributed by atoms with E-state index in [1.165, 1.54) is 18.3 Å². The molecule has 0 atom stereocenters. The third kappa shape index (κ3) is 5.50. The summed E-state index contributed by atoms with van der Waals surface area (Å²) < 4.78 is 25.2. The maximum absolute atomic E-state index is 11.5. The van der Waals surface area contributed by atoms with E-state index in [1.54, 1.807) is 0 Å². The molecule has 1 aromatic heterocycles. The highest BCUT2D eigenvalue weighted by atomic mass is 35.5. The van der Waals surface area contributed by atoms with Crippen molar-refractivity contribution in [2.24, 2.45) is 0 Å². The number of nitrogens with one attached hydrogen (secondary N) is 1. The van der Waals surface area contributed by atoms with E-state index in [2.05, 4.69) is 9.71 Å². The fourth-order valence-corrected chi connectivity index (χ4v) is 2.30. The van der Waals surface area contributed by atoms with Gasteiger partial charge in [0.25, 0.3) is 0 Å². The molecule has 1 rings (SSSR count). The summed E-state index contributed by atoms with van der Waals surface area (Å²) in [6.07, 6.45) is 1.23. The summed E-state index contributed by atoms with van der Waals surface area (Å²) in [4.78, 5) is 14.0. The number of carboxylic acids is 1. The molecule has 0 spiro atoms. The van der Waals surface area contributed by atoms with Gasteiger partial charge in [-0.25, -0.2) is 13.4 Å². The molecule has 0 saturated carbocycles. The molecule has 1 aromatic rings. The summed E-state index contributed by atoms with van der Waals surface area (Å²) in [5.41, 5.74) is 0. The number of halogens is 1. The number of sulfonamides is 1. The summed E-state index contributed by atoms with van der Waals surface area (Å²) in [6.45, 7) is 0. The predicted octanol–water partition coefficient (Wildman–Crippen LogP) is 1.34. The highest BCUT2D eigenvalue weighted by Gasteiger charge is 2.12. The third-order valence-corrected chi connectivity index (χ3v) is 3.37. The van der Waals surface area contributed by atoms with Gasteiger partial charge in [-0.15, -0.1) is 0 Å². The molecule has 94 valence electrons. The molecule has 2 N–H and O–H groups in total. The first-order valence-corrected chi connectivity index (χ1v) is 6.76. The van der Waals surface area contributed by atoms with E-state index in [4.69, 9.17) is 16.7 Å². The number of pyridine rings is 1. The Hall–Kier alpha value is -1.34. The van der Waals surface area contributed by atoms with Crippen LogP contribution < -0.4 is 4.72 Å². The highest BCUT2D eigenvalue weighted by molar-refractivity contribution is 7.92. The van der Waals surface area contributed by atoms with E-state index in [1.807, 2.05) is 0 Å². The van der Waals surface area contributed by atoms with Crippen LogP contribution in [-0.2, 0) is 14.8 Å². The van der Waals surface area contributed by atoms with Gasteiger partial charge in [-0.2, -0.15) is 0 Å². The third-order valence-electron chi connectivity index (χ3n) is 1.79. The molecule has 0 unspecified atom stereocenters. The van der Waals surface area contributed by atoms with Crippen molar-refractivity contribution >= 4 is 33.4 Å². The molecule has 0 aliphatic carbocycles. The molecular weight excluding hydrogens is 268 g/mol. The molecule has 0 aliphatic rings. The number of carboxylic acid groups (broad SMARTS) is 1. The number of anilines is 1. The number of hydrogen-bond donors (Lipinski definition) is 2. The van der Waals surface area contributed by atoms with Gasteiger partial charge in [-0.05, 0) is 12.5 Å². The first-order chi connectivity index (χ1) is 7.89. The number of nitrogens with zero attached hydrogens (tertiary/aromatic N) is 1. The zero-order valence-corrected chi connectivity index (χ0v) is 10.3. The van der Waals surface area contributed by atoms with Gasteiger partial charge in [-0.3, -0.25) is 9.52 Å². The summed E-state index contributed by atoms with van der Waals surface area (Å²) in [6, 6.07) is 2.89. The highest BCUT2D eigenvalue weighted by Crippen LogP contribution is 2.13. The Labute approximate surface area is 104 Å². The molecule has 0 amide bonds. The zero-order chi connectivity index (χ0) is 12.9. The van der Waals surface area contributed by atoms with Crippen LogP contribution in [0.4, 0.5) is 5.82 Å². The minimum atomic E-state index is -3.58. The van der Waals surface area contributed by atoms with E-state index in [0.29, 0.717) is 5.02 Å². The Bertz CT molecular complexity index is 503. The SMILES string of the molecule is O=C(O)CCCS(=O)(=O)Nc1cc(Cl)ccn1. The van der Waals surface area contributed by atoms with E-state index in [0.717, 1.165) is 0 Å². The first kappa shape index (κ1) is 13.7. The van der Waals surface area contributed by atoms with Crippen LogP contribution in [0.2, 0.25) is 5.02 Å². The second-order valence-electron chi connectivity index (χ2n) is 3.28. The first-order valence-electron chi connectivity index (χ1n) is 4.73.